The Kier molecular flexibility index (Phi) is 8.10. The highest BCUT2D eigenvalue weighted by Gasteiger charge is 2.18. The Hall–Kier alpha value is -5.23. The maximum atomic E-state index is 14.8. The van der Waals surface area contributed by atoms with Crippen molar-refractivity contribution in [3.63, 3.8) is 0 Å². The quantitative estimate of drug-likeness (QED) is 0.164. The van der Waals surface area contributed by atoms with Crippen LogP contribution in [0.2, 0.25) is 0 Å². The van der Waals surface area contributed by atoms with Crippen molar-refractivity contribution >= 4 is 33.5 Å². The van der Waals surface area contributed by atoms with Gasteiger partial charge in [-0.1, -0.05) is 13.8 Å². The molecule has 0 atom stereocenters. The summed E-state index contributed by atoms with van der Waals surface area (Å²) in [6.07, 6.45) is 11.2. The van der Waals surface area contributed by atoms with Gasteiger partial charge in [-0.25, -0.2) is 9.37 Å². The summed E-state index contributed by atoms with van der Waals surface area (Å²) in [5.41, 5.74) is 5.97. The third-order valence-electron chi connectivity index (χ3n) is 8.03. The molecule has 46 heavy (non-hydrogen) atoms. The zero-order chi connectivity index (χ0) is 31.6. The number of carbonyl (C=O) groups excluding carboxylic acids is 1. The molecule has 3 N–H and O–H groups in total. The summed E-state index contributed by atoms with van der Waals surface area (Å²) in [5, 5.41) is 11.3. The van der Waals surface area contributed by atoms with Gasteiger partial charge in [0, 0.05) is 47.9 Å². The van der Waals surface area contributed by atoms with Gasteiger partial charge in [-0.05, 0) is 61.7 Å². The first kappa shape index (κ1) is 29.5. The molecule has 234 valence electrons. The molecule has 0 saturated carbocycles. The van der Waals surface area contributed by atoms with Gasteiger partial charge in [0.05, 0.1) is 46.5 Å². The first-order chi connectivity index (χ1) is 22.4. The number of H-pyrrole nitrogens is 2. The first-order valence-corrected chi connectivity index (χ1v) is 15.5. The monoisotopic (exact) mass is 619 g/mol. The van der Waals surface area contributed by atoms with Gasteiger partial charge in [-0.15, -0.1) is 0 Å². The summed E-state index contributed by atoms with van der Waals surface area (Å²) in [6, 6.07) is 8.46. The van der Waals surface area contributed by atoms with Crippen molar-refractivity contribution in [2.45, 2.75) is 33.1 Å². The van der Waals surface area contributed by atoms with Crippen LogP contribution in [0.25, 0.3) is 55.8 Å². The minimum absolute atomic E-state index is 0.0623. The molecule has 0 bridgehead atoms. The Bertz CT molecular complexity index is 2030. The maximum absolute atomic E-state index is 14.8. The number of likely N-dealkylation sites (tertiary alicyclic amines) is 1. The molecule has 7 rings (SSSR count). The number of fused-ring (bicyclic) bond motifs is 2. The number of rotatable bonds is 10. The van der Waals surface area contributed by atoms with Crippen molar-refractivity contribution in [3.05, 3.63) is 67.1 Å². The largest absolute Gasteiger partial charge is 0.492 e. The summed E-state index contributed by atoms with van der Waals surface area (Å²) in [5.74, 6) is 0.794. The lowest BCUT2D eigenvalue weighted by molar-refractivity contribution is -0.116. The summed E-state index contributed by atoms with van der Waals surface area (Å²) >= 11 is 0. The molecule has 0 aliphatic carbocycles. The number of aromatic nitrogens is 7. The fourth-order valence-electron chi connectivity index (χ4n) is 5.84. The molecular weight excluding hydrogens is 585 g/mol. The van der Waals surface area contributed by atoms with Crippen molar-refractivity contribution in [2.75, 3.05) is 31.6 Å². The van der Waals surface area contributed by atoms with Gasteiger partial charge < -0.3 is 15.0 Å². The maximum Gasteiger partial charge on any atom is 0.224 e. The van der Waals surface area contributed by atoms with Gasteiger partial charge in [-0.3, -0.25) is 29.7 Å². The van der Waals surface area contributed by atoms with Crippen molar-refractivity contribution in [2.24, 2.45) is 5.92 Å². The number of pyridine rings is 3. The summed E-state index contributed by atoms with van der Waals surface area (Å²) in [4.78, 5) is 36.2. The second kappa shape index (κ2) is 12.6. The zero-order valence-electron chi connectivity index (χ0n) is 25.7. The van der Waals surface area contributed by atoms with E-state index in [0.29, 0.717) is 63.8 Å². The first-order valence-electron chi connectivity index (χ1n) is 15.5. The van der Waals surface area contributed by atoms with Crippen LogP contribution in [0.15, 0.2) is 61.3 Å². The molecular formula is C34H34FN9O2. The third-order valence-corrected chi connectivity index (χ3v) is 8.03. The van der Waals surface area contributed by atoms with Crippen LogP contribution in [0.4, 0.5) is 10.1 Å². The summed E-state index contributed by atoms with van der Waals surface area (Å²) in [6.45, 7) is 7.47. The predicted molar refractivity (Wildman–Crippen MR) is 175 cm³/mol. The number of nitrogens with one attached hydrogen (secondary N) is 3. The van der Waals surface area contributed by atoms with Crippen LogP contribution >= 0.6 is 0 Å². The SMILES string of the molecule is CC(C)CC(=O)Nc1cncc(-c2cc3c(-c4nc5c(-c6cc(F)cc(OCCN7CCCC7)c6)cncc5[nH]4)n[nH]c3cn2)c1. The van der Waals surface area contributed by atoms with E-state index in [0.717, 1.165) is 36.1 Å². The van der Waals surface area contributed by atoms with E-state index in [1.165, 1.54) is 25.0 Å². The minimum atomic E-state index is -0.391. The van der Waals surface area contributed by atoms with Gasteiger partial charge in [0.1, 0.15) is 23.9 Å². The smallest absolute Gasteiger partial charge is 0.224 e. The van der Waals surface area contributed by atoms with Crippen LogP contribution in [0.3, 0.4) is 0 Å². The second-order valence-corrected chi connectivity index (χ2v) is 12.0. The van der Waals surface area contributed by atoms with Gasteiger partial charge >= 0.3 is 0 Å². The molecule has 0 unspecified atom stereocenters. The number of hydrogen-bond donors (Lipinski definition) is 3. The molecule has 11 nitrogen and oxygen atoms in total. The Balaban J connectivity index is 1.18. The highest BCUT2D eigenvalue weighted by atomic mass is 19.1. The Morgan fingerprint density at radius 1 is 1.00 bits per heavy atom. The summed E-state index contributed by atoms with van der Waals surface area (Å²) in [7, 11) is 0. The van der Waals surface area contributed by atoms with Crippen LogP contribution in [-0.4, -0.2) is 72.2 Å². The lowest BCUT2D eigenvalue weighted by Gasteiger charge is -2.15. The van der Waals surface area contributed by atoms with E-state index in [-0.39, 0.29) is 11.8 Å². The molecule has 1 aliphatic rings. The predicted octanol–water partition coefficient (Wildman–Crippen LogP) is 6.22. The van der Waals surface area contributed by atoms with Crippen LogP contribution in [0.5, 0.6) is 5.75 Å². The number of hydrogen-bond acceptors (Lipinski definition) is 8. The zero-order valence-corrected chi connectivity index (χ0v) is 25.7. The molecule has 0 radical (unpaired) electrons. The number of anilines is 1. The second-order valence-electron chi connectivity index (χ2n) is 12.0. The van der Waals surface area contributed by atoms with E-state index < -0.39 is 5.82 Å². The Labute approximate surface area is 264 Å². The normalized spacial score (nSPS) is 13.7. The number of nitrogens with zero attached hydrogens (tertiary/aromatic N) is 6. The number of ether oxygens (including phenoxy) is 1. The standard InChI is InChI=1S/C34H34FN9O2/c1-20(2)9-31(45)39-24-11-22(15-36-16-24)28-14-26-29(19-38-28)42-43-33(26)34-40-30-18-37-17-27(32(30)41-34)21-10-23(35)13-25(12-21)46-8-7-44-5-3-4-6-44/h10-20H,3-9H2,1-2H3,(H,39,45)(H,40,41)(H,42,43). The molecule has 1 aromatic carbocycles. The van der Waals surface area contributed by atoms with Gasteiger partial charge in [0.2, 0.25) is 5.91 Å². The molecule has 6 heterocycles. The number of carbonyl (C=O) groups is 1. The average Bonchev–Trinajstić information content (AvgIpc) is 3.80. The van der Waals surface area contributed by atoms with Gasteiger partial charge in [0.25, 0.3) is 0 Å². The lowest BCUT2D eigenvalue weighted by atomic mass is 10.1. The molecule has 5 aromatic heterocycles. The van der Waals surface area contributed by atoms with E-state index in [9.17, 15) is 9.18 Å². The topological polar surface area (TPSA) is 138 Å². The van der Waals surface area contributed by atoms with Gasteiger partial charge in [-0.2, -0.15) is 5.10 Å². The van der Waals surface area contributed by atoms with Crippen LogP contribution in [0, 0.1) is 11.7 Å². The molecule has 12 heteroatoms. The highest BCUT2D eigenvalue weighted by molar-refractivity contribution is 5.97. The Morgan fingerprint density at radius 2 is 1.85 bits per heavy atom. The molecule has 1 aliphatic heterocycles. The molecule has 0 spiro atoms. The Morgan fingerprint density at radius 3 is 2.70 bits per heavy atom. The lowest BCUT2D eigenvalue weighted by Crippen LogP contribution is -2.25. The van der Waals surface area contributed by atoms with Crippen molar-refractivity contribution < 1.29 is 13.9 Å². The fourth-order valence-corrected chi connectivity index (χ4v) is 5.84. The number of aromatic amines is 2. The number of amides is 1. The van der Waals surface area contributed by atoms with Crippen molar-refractivity contribution in [3.8, 4) is 39.7 Å². The van der Waals surface area contributed by atoms with Crippen LogP contribution in [-0.2, 0) is 4.79 Å². The van der Waals surface area contributed by atoms with E-state index >= 15 is 0 Å². The highest BCUT2D eigenvalue weighted by Crippen LogP contribution is 2.34. The van der Waals surface area contributed by atoms with Gasteiger partial charge in [0.15, 0.2) is 5.82 Å². The van der Waals surface area contributed by atoms with Crippen LogP contribution < -0.4 is 10.1 Å². The number of benzene rings is 1. The average molecular weight is 620 g/mol. The minimum Gasteiger partial charge on any atom is -0.492 e. The molecule has 1 amide bonds. The van der Waals surface area contributed by atoms with Crippen molar-refractivity contribution in [1.29, 1.82) is 0 Å². The molecule has 1 saturated heterocycles. The van der Waals surface area contributed by atoms with E-state index in [1.807, 2.05) is 32.0 Å². The number of imidazole rings is 1. The fraction of sp³-hybridized carbons (Fsp3) is 0.294. The van der Waals surface area contributed by atoms with E-state index in [1.54, 1.807) is 31.0 Å². The van der Waals surface area contributed by atoms with E-state index in [4.69, 9.17) is 9.72 Å². The van der Waals surface area contributed by atoms with E-state index in [2.05, 4.69) is 40.3 Å². The molecule has 1 fully saturated rings. The number of halogens is 1. The summed E-state index contributed by atoms with van der Waals surface area (Å²) < 4.78 is 20.7. The van der Waals surface area contributed by atoms with Crippen molar-refractivity contribution in [1.82, 2.24) is 40.0 Å². The third kappa shape index (κ3) is 6.29. The van der Waals surface area contributed by atoms with Crippen LogP contribution in [0.1, 0.15) is 33.1 Å². The molecule has 6 aromatic rings.